The highest BCUT2D eigenvalue weighted by atomic mass is 16.3. The summed E-state index contributed by atoms with van der Waals surface area (Å²) in [6.07, 6.45) is 2.45. The van der Waals surface area contributed by atoms with Crippen molar-refractivity contribution in [3.8, 4) is 0 Å². The summed E-state index contributed by atoms with van der Waals surface area (Å²) in [4.78, 5) is 64.5. The maximum Gasteiger partial charge on any atom is 0.332 e. The zero-order chi connectivity index (χ0) is 37.8. The van der Waals surface area contributed by atoms with Crippen LogP contribution in [0.5, 0.6) is 0 Å². The molecular weight excluding hydrogens is 652 g/mol. The van der Waals surface area contributed by atoms with Gasteiger partial charge in [-0.15, -0.1) is 4.91 Å². The van der Waals surface area contributed by atoms with Gasteiger partial charge < -0.3 is 27.0 Å². The molecule has 0 spiro atoms. The third-order valence-corrected chi connectivity index (χ3v) is 8.22. The number of aryl methyl sites for hydroxylation is 2. The Morgan fingerprint density at radius 2 is 0.922 bits per heavy atom. The Balaban J connectivity index is 0.000000276. The van der Waals surface area contributed by atoms with Gasteiger partial charge in [0.15, 0.2) is 0 Å². The lowest BCUT2D eigenvalue weighted by Crippen LogP contribution is -2.42. The fourth-order valence-electron chi connectivity index (χ4n) is 5.63. The molecule has 0 amide bonds. The number of benzene rings is 2. The molecule has 0 aliphatic heterocycles. The minimum atomic E-state index is -0.728. The number of hydrogen-bond acceptors (Lipinski definition) is 11. The van der Waals surface area contributed by atoms with Gasteiger partial charge in [-0.05, 0) is 81.3 Å². The van der Waals surface area contributed by atoms with Crippen LogP contribution in [0.25, 0.3) is 0 Å². The molecule has 0 saturated carbocycles. The maximum absolute atomic E-state index is 12.6. The zero-order valence-electron chi connectivity index (χ0n) is 30.6. The van der Waals surface area contributed by atoms with Gasteiger partial charge in [-0.3, -0.25) is 27.9 Å². The van der Waals surface area contributed by atoms with Crippen LogP contribution in [0.1, 0.15) is 48.9 Å². The van der Waals surface area contributed by atoms with Crippen LogP contribution in [0.2, 0.25) is 0 Å². The third kappa shape index (κ3) is 10.4. The Labute approximate surface area is 297 Å². The second-order valence-electron chi connectivity index (χ2n) is 13.0. The van der Waals surface area contributed by atoms with Crippen LogP contribution in [0.3, 0.4) is 0 Å². The maximum atomic E-state index is 12.6. The molecule has 0 atom stereocenters. The smallest absolute Gasteiger partial charge is 0.332 e. The van der Waals surface area contributed by atoms with E-state index in [0.29, 0.717) is 38.8 Å². The SMILES string of the molecule is CCCn1c(=O)c(N)c(N)n(CCc2ccc(CN(C)C)cc2)c1=O.CCCn1c(=O)c(N=O)c(N)n(CCc2ccc(CN(C)C)cc2)c1=O. The van der Waals surface area contributed by atoms with Gasteiger partial charge >= 0.3 is 11.4 Å². The van der Waals surface area contributed by atoms with Gasteiger partial charge in [0.2, 0.25) is 5.69 Å². The van der Waals surface area contributed by atoms with E-state index in [-0.39, 0.29) is 30.4 Å². The Bertz CT molecular complexity index is 2010. The molecule has 0 bridgehead atoms. The van der Waals surface area contributed by atoms with E-state index in [1.807, 2.05) is 78.4 Å². The van der Waals surface area contributed by atoms with Gasteiger partial charge in [-0.2, -0.15) is 0 Å². The number of nitroso groups, excluding NO2 is 1. The second-order valence-corrected chi connectivity index (χ2v) is 13.0. The third-order valence-electron chi connectivity index (χ3n) is 8.22. The summed E-state index contributed by atoms with van der Waals surface area (Å²) in [5.41, 5.74) is 19.5. The molecule has 4 rings (SSSR count). The summed E-state index contributed by atoms with van der Waals surface area (Å²) < 4.78 is 4.82. The topological polar surface area (TPSA) is 202 Å². The molecule has 0 radical (unpaired) electrons. The Hall–Kier alpha value is -5.28. The molecule has 2 aromatic heterocycles. The van der Waals surface area contributed by atoms with Crippen molar-refractivity contribution in [1.82, 2.24) is 28.1 Å². The van der Waals surface area contributed by atoms with E-state index in [2.05, 4.69) is 27.1 Å². The summed E-state index contributed by atoms with van der Waals surface area (Å²) in [5.74, 6) is -0.127. The van der Waals surface area contributed by atoms with E-state index in [1.165, 1.54) is 20.3 Å². The zero-order valence-corrected chi connectivity index (χ0v) is 30.6. The van der Waals surface area contributed by atoms with Crippen molar-refractivity contribution in [2.24, 2.45) is 5.18 Å². The summed E-state index contributed by atoms with van der Waals surface area (Å²) in [6.45, 7) is 6.68. The number of hydrogen-bond donors (Lipinski definition) is 3. The van der Waals surface area contributed by atoms with E-state index in [0.717, 1.165) is 33.4 Å². The Morgan fingerprint density at radius 1 is 0.549 bits per heavy atom. The lowest BCUT2D eigenvalue weighted by molar-refractivity contribution is 0.402. The highest BCUT2D eigenvalue weighted by Gasteiger charge is 2.18. The van der Waals surface area contributed by atoms with Crippen molar-refractivity contribution >= 4 is 23.0 Å². The molecule has 0 aliphatic rings. The van der Waals surface area contributed by atoms with Crippen LogP contribution in [-0.2, 0) is 52.1 Å². The highest BCUT2D eigenvalue weighted by Crippen LogP contribution is 2.16. The van der Waals surface area contributed by atoms with Crippen LogP contribution in [0.15, 0.2) is 72.9 Å². The molecule has 15 heteroatoms. The molecule has 2 aromatic carbocycles. The van der Waals surface area contributed by atoms with Gasteiger partial charge in [-0.1, -0.05) is 62.4 Å². The molecule has 6 N–H and O–H groups in total. The lowest BCUT2D eigenvalue weighted by Gasteiger charge is -2.15. The van der Waals surface area contributed by atoms with Crippen LogP contribution in [-0.4, -0.2) is 56.3 Å². The van der Waals surface area contributed by atoms with E-state index in [9.17, 15) is 24.1 Å². The minimum Gasteiger partial charge on any atom is -0.391 e. The van der Waals surface area contributed by atoms with Gasteiger partial charge in [0.25, 0.3) is 11.1 Å². The monoisotopic (exact) mass is 704 g/mol. The number of nitrogen functional groups attached to an aromatic ring is 3. The van der Waals surface area contributed by atoms with Crippen molar-refractivity contribution in [3.05, 3.63) is 117 Å². The summed E-state index contributed by atoms with van der Waals surface area (Å²) in [7, 11) is 8.07. The van der Waals surface area contributed by atoms with Crippen molar-refractivity contribution in [1.29, 1.82) is 0 Å². The lowest BCUT2D eigenvalue weighted by atomic mass is 10.1. The first-order chi connectivity index (χ1) is 24.2. The highest BCUT2D eigenvalue weighted by molar-refractivity contribution is 5.57. The number of aromatic nitrogens is 4. The van der Waals surface area contributed by atoms with Crippen LogP contribution in [0, 0.1) is 4.91 Å². The first-order valence-electron chi connectivity index (χ1n) is 17.0. The molecule has 0 aliphatic carbocycles. The van der Waals surface area contributed by atoms with Crippen molar-refractivity contribution < 1.29 is 0 Å². The van der Waals surface area contributed by atoms with E-state index in [1.54, 1.807) is 0 Å². The van der Waals surface area contributed by atoms with Crippen LogP contribution >= 0.6 is 0 Å². The van der Waals surface area contributed by atoms with Gasteiger partial charge in [0, 0.05) is 39.3 Å². The standard InChI is InChI=1S/C18H25N5O3.C18H27N5O2/c1-4-10-23-17(24)15(20-26)16(19)22(18(23)25)11-9-13-5-7-14(8-6-13)12-21(2)3;1-4-10-23-17(24)15(19)16(20)22(18(23)25)11-9-13-5-7-14(8-6-13)12-21(2)3/h5-8H,4,9-12,19H2,1-3H3;5-8H,4,9-12,19-20H2,1-3H3. The molecule has 276 valence electrons. The second kappa shape index (κ2) is 18.6. The first-order valence-corrected chi connectivity index (χ1v) is 17.0. The number of rotatable bonds is 15. The normalized spacial score (nSPS) is 11.1. The van der Waals surface area contributed by atoms with E-state index in [4.69, 9.17) is 17.2 Å². The average Bonchev–Trinajstić information content (AvgIpc) is 3.09. The largest absolute Gasteiger partial charge is 0.391 e. The van der Waals surface area contributed by atoms with E-state index >= 15 is 0 Å². The average molecular weight is 705 g/mol. The molecule has 0 saturated heterocycles. The fraction of sp³-hybridized carbons (Fsp3) is 0.444. The first kappa shape index (κ1) is 40.2. The Kier molecular flexibility index (Phi) is 14.7. The molecule has 2 heterocycles. The number of anilines is 3. The molecule has 0 fully saturated rings. The van der Waals surface area contributed by atoms with Gasteiger partial charge in [0.1, 0.15) is 17.3 Å². The fourth-order valence-corrected chi connectivity index (χ4v) is 5.63. The van der Waals surface area contributed by atoms with E-state index < -0.39 is 28.2 Å². The molecule has 4 aromatic rings. The van der Waals surface area contributed by atoms with Gasteiger partial charge in [-0.25, -0.2) is 9.59 Å². The van der Waals surface area contributed by atoms with Crippen molar-refractivity contribution in [2.45, 2.75) is 78.8 Å². The summed E-state index contributed by atoms with van der Waals surface area (Å²) in [5, 5.41) is 2.74. The van der Waals surface area contributed by atoms with Gasteiger partial charge in [0.05, 0.1) is 0 Å². The van der Waals surface area contributed by atoms with Crippen molar-refractivity contribution in [2.75, 3.05) is 45.4 Å². The Morgan fingerprint density at radius 3 is 1.29 bits per heavy atom. The van der Waals surface area contributed by atoms with Crippen LogP contribution in [0.4, 0.5) is 23.0 Å². The number of nitrogens with two attached hydrogens (primary N) is 3. The van der Waals surface area contributed by atoms with Crippen molar-refractivity contribution in [3.63, 3.8) is 0 Å². The quantitative estimate of drug-likeness (QED) is 0.154. The molecule has 51 heavy (non-hydrogen) atoms. The predicted octanol–water partition coefficient (Wildman–Crippen LogP) is 2.59. The molecule has 15 nitrogen and oxygen atoms in total. The summed E-state index contributed by atoms with van der Waals surface area (Å²) in [6, 6.07) is 16.3. The predicted molar refractivity (Wildman–Crippen MR) is 204 cm³/mol. The minimum absolute atomic E-state index is 0.0478. The molecule has 0 unspecified atom stereocenters. The number of nitrogens with zero attached hydrogens (tertiary/aromatic N) is 7. The van der Waals surface area contributed by atoms with Crippen LogP contribution < -0.4 is 39.7 Å². The summed E-state index contributed by atoms with van der Waals surface area (Å²) >= 11 is 0. The molecular formula is C36H52N10O5.